The SMILES string of the molecule is COCCOC(=C1CCC1)c1ccc(-c2ccc(Cl)cc2)cc1. The lowest BCUT2D eigenvalue weighted by molar-refractivity contribution is 0.132. The van der Waals surface area contributed by atoms with Crippen molar-refractivity contribution in [1.29, 1.82) is 0 Å². The van der Waals surface area contributed by atoms with Gasteiger partial charge < -0.3 is 9.47 Å². The molecule has 0 atom stereocenters. The average molecular weight is 329 g/mol. The van der Waals surface area contributed by atoms with E-state index in [9.17, 15) is 0 Å². The molecule has 0 spiro atoms. The Morgan fingerprint density at radius 3 is 2.04 bits per heavy atom. The summed E-state index contributed by atoms with van der Waals surface area (Å²) in [7, 11) is 1.69. The van der Waals surface area contributed by atoms with Crippen molar-refractivity contribution in [2.75, 3.05) is 20.3 Å². The van der Waals surface area contributed by atoms with Crippen LogP contribution in [0.15, 0.2) is 54.1 Å². The van der Waals surface area contributed by atoms with Gasteiger partial charge in [-0.05, 0) is 48.1 Å². The van der Waals surface area contributed by atoms with Crippen LogP contribution in [0.1, 0.15) is 24.8 Å². The van der Waals surface area contributed by atoms with E-state index in [-0.39, 0.29) is 0 Å². The Bertz CT molecular complexity index is 666. The zero-order valence-corrected chi connectivity index (χ0v) is 14.1. The van der Waals surface area contributed by atoms with E-state index in [1.807, 2.05) is 24.3 Å². The molecule has 23 heavy (non-hydrogen) atoms. The third-order valence-electron chi connectivity index (χ3n) is 4.14. The summed E-state index contributed by atoms with van der Waals surface area (Å²) in [5.41, 5.74) is 4.91. The van der Waals surface area contributed by atoms with E-state index in [2.05, 4.69) is 24.3 Å². The molecule has 2 nitrogen and oxygen atoms in total. The van der Waals surface area contributed by atoms with E-state index in [1.165, 1.54) is 23.1 Å². The van der Waals surface area contributed by atoms with Gasteiger partial charge in [0.15, 0.2) is 0 Å². The van der Waals surface area contributed by atoms with Gasteiger partial charge in [0.2, 0.25) is 0 Å². The largest absolute Gasteiger partial charge is 0.491 e. The van der Waals surface area contributed by atoms with Crippen LogP contribution in [-0.4, -0.2) is 20.3 Å². The summed E-state index contributed by atoms with van der Waals surface area (Å²) < 4.78 is 11.1. The van der Waals surface area contributed by atoms with Crippen molar-refractivity contribution in [3.63, 3.8) is 0 Å². The van der Waals surface area contributed by atoms with Gasteiger partial charge in [-0.15, -0.1) is 0 Å². The highest BCUT2D eigenvalue weighted by molar-refractivity contribution is 6.30. The molecule has 120 valence electrons. The van der Waals surface area contributed by atoms with E-state index in [0.29, 0.717) is 13.2 Å². The summed E-state index contributed by atoms with van der Waals surface area (Å²) in [6.07, 6.45) is 3.54. The minimum atomic E-state index is 0.592. The molecule has 1 aliphatic rings. The smallest absolute Gasteiger partial charge is 0.125 e. The van der Waals surface area contributed by atoms with Crippen LogP contribution in [0.3, 0.4) is 0 Å². The number of rotatable bonds is 6. The molecule has 0 aliphatic heterocycles. The Balaban J connectivity index is 1.80. The second kappa shape index (κ2) is 7.67. The summed E-state index contributed by atoms with van der Waals surface area (Å²) >= 11 is 5.95. The Hall–Kier alpha value is -1.77. The van der Waals surface area contributed by atoms with Crippen LogP contribution in [0, 0.1) is 0 Å². The number of allylic oxidation sites excluding steroid dienone is 1. The summed E-state index contributed by atoms with van der Waals surface area (Å²) in [5.74, 6) is 1.04. The van der Waals surface area contributed by atoms with Gasteiger partial charge in [-0.3, -0.25) is 0 Å². The topological polar surface area (TPSA) is 18.5 Å². The number of hydrogen-bond acceptors (Lipinski definition) is 2. The first-order valence-electron chi connectivity index (χ1n) is 7.98. The molecular formula is C20H21ClO2. The Morgan fingerprint density at radius 1 is 0.913 bits per heavy atom. The van der Waals surface area contributed by atoms with Crippen molar-refractivity contribution in [2.24, 2.45) is 0 Å². The molecule has 0 unspecified atom stereocenters. The van der Waals surface area contributed by atoms with Gasteiger partial charge in [0.25, 0.3) is 0 Å². The molecule has 0 radical (unpaired) electrons. The van der Waals surface area contributed by atoms with Crippen molar-refractivity contribution in [3.8, 4) is 11.1 Å². The van der Waals surface area contributed by atoms with E-state index in [4.69, 9.17) is 21.1 Å². The van der Waals surface area contributed by atoms with Crippen LogP contribution >= 0.6 is 11.6 Å². The molecule has 3 heteroatoms. The zero-order chi connectivity index (χ0) is 16.1. The first kappa shape index (κ1) is 16.1. The summed E-state index contributed by atoms with van der Waals surface area (Å²) in [4.78, 5) is 0. The molecule has 0 saturated heterocycles. The second-order valence-corrected chi connectivity index (χ2v) is 6.15. The van der Waals surface area contributed by atoms with E-state index >= 15 is 0 Å². The molecule has 2 aromatic rings. The van der Waals surface area contributed by atoms with Crippen molar-refractivity contribution >= 4 is 17.4 Å². The normalized spacial score (nSPS) is 13.6. The maximum absolute atomic E-state index is 5.97. The maximum Gasteiger partial charge on any atom is 0.125 e. The van der Waals surface area contributed by atoms with Crippen LogP contribution in [0.5, 0.6) is 0 Å². The molecule has 0 bridgehead atoms. The predicted molar refractivity (Wildman–Crippen MR) is 95.5 cm³/mol. The highest BCUT2D eigenvalue weighted by Gasteiger charge is 2.17. The first-order chi connectivity index (χ1) is 11.3. The minimum absolute atomic E-state index is 0.592. The minimum Gasteiger partial charge on any atom is -0.491 e. The summed E-state index contributed by atoms with van der Waals surface area (Å²) in [6.45, 7) is 1.20. The third-order valence-corrected chi connectivity index (χ3v) is 4.39. The van der Waals surface area contributed by atoms with Crippen molar-refractivity contribution in [3.05, 3.63) is 64.7 Å². The molecule has 1 fully saturated rings. The standard InChI is InChI=1S/C20H21ClO2/c1-22-13-14-23-20(17-3-2-4-17)18-7-5-15(6-8-18)16-9-11-19(21)12-10-16/h5-12H,2-4,13-14H2,1H3. The number of benzene rings is 2. The Labute approximate surface area is 142 Å². The third kappa shape index (κ3) is 3.95. The number of ether oxygens (including phenoxy) is 2. The van der Waals surface area contributed by atoms with Crippen LogP contribution < -0.4 is 0 Å². The van der Waals surface area contributed by atoms with Crippen LogP contribution in [0.25, 0.3) is 16.9 Å². The van der Waals surface area contributed by atoms with Crippen molar-refractivity contribution in [1.82, 2.24) is 0 Å². The average Bonchev–Trinajstić information content (AvgIpc) is 2.53. The molecule has 0 amide bonds. The van der Waals surface area contributed by atoms with Gasteiger partial charge in [0.05, 0.1) is 6.61 Å². The quantitative estimate of drug-likeness (QED) is 0.510. The molecule has 0 aromatic heterocycles. The Morgan fingerprint density at radius 2 is 1.52 bits per heavy atom. The van der Waals surface area contributed by atoms with E-state index in [0.717, 1.165) is 29.2 Å². The lowest BCUT2D eigenvalue weighted by Crippen LogP contribution is -2.08. The van der Waals surface area contributed by atoms with E-state index < -0.39 is 0 Å². The van der Waals surface area contributed by atoms with Gasteiger partial charge in [0.1, 0.15) is 12.4 Å². The fourth-order valence-electron chi connectivity index (χ4n) is 2.65. The fraction of sp³-hybridized carbons (Fsp3) is 0.300. The van der Waals surface area contributed by atoms with E-state index in [1.54, 1.807) is 7.11 Å². The molecule has 1 saturated carbocycles. The van der Waals surface area contributed by atoms with Gasteiger partial charge in [0, 0.05) is 17.7 Å². The number of methoxy groups -OCH3 is 1. The summed E-state index contributed by atoms with van der Waals surface area (Å²) in [6, 6.07) is 16.5. The molecule has 1 aliphatic carbocycles. The van der Waals surface area contributed by atoms with Gasteiger partial charge >= 0.3 is 0 Å². The van der Waals surface area contributed by atoms with Crippen molar-refractivity contribution < 1.29 is 9.47 Å². The highest BCUT2D eigenvalue weighted by Crippen LogP contribution is 2.35. The summed E-state index contributed by atoms with van der Waals surface area (Å²) in [5, 5.41) is 0.758. The van der Waals surface area contributed by atoms with Gasteiger partial charge in [-0.25, -0.2) is 0 Å². The lowest BCUT2D eigenvalue weighted by atomic mass is 9.89. The molecular weight excluding hydrogens is 308 g/mol. The first-order valence-corrected chi connectivity index (χ1v) is 8.36. The molecule has 0 N–H and O–H groups in total. The monoisotopic (exact) mass is 328 g/mol. The van der Waals surface area contributed by atoms with Gasteiger partial charge in [-0.2, -0.15) is 0 Å². The lowest BCUT2D eigenvalue weighted by Gasteiger charge is -2.22. The second-order valence-electron chi connectivity index (χ2n) is 5.71. The van der Waals surface area contributed by atoms with Crippen LogP contribution in [-0.2, 0) is 9.47 Å². The zero-order valence-electron chi connectivity index (χ0n) is 13.3. The molecule has 3 rings (SSSR count). The Kier molecular flexibility index (Phi) is 5.37. The predicted octanol–water partition coefficient (Wildman–Crippen LogP) is 5.57. The van der Waals surface area contributed by atoms with Crippen molar-refractivity contribution in [2.45, 2.75) is 19.3 Å². The number of halogens is 1. The fourth-order valence-corrected chi connectivity index (χ4v) is 2.78. The molecule has 0 heterocycles. The van der Waals surface area contributed by atoms with Gasteiger partial charge in [-0.1, -0.05) is 48.0 Å². The maximum atomic E-state index is 5.97. The molecule has 2 aromatic carbocycles. The van der Waals surface area contributed by atoms with Crippen LogP contribution in [0.4, 0.5) is 0 Å². The highest BCUT2D eigenvalue weighted by atomic mass is 35.5. The number of hydrogen-bond donors (Lipinski definition) is 0. The van der Waals surface area contributed by atoms with Crippen LogP contribution in [0.2, 0.25) is 5.02 Å².